The second-order valence-electron chi connectivity index (χ2n) is 6.10. The number of benzene rings is 1. The third-order valence-corrected chi connectivity index (χ3v) is 4.38. The van der Waals surface area contributed by atoms with Crippen molar-refractivity contribution < 1.29 is 9.47 Å². The normalized spacial score (nSPS) is 19.4. The van der Waals surface area contributed by atoms with Gasteiger partial charge in [-0.3, -0.25) is 4.99 Å². The summed E-state index contributed by atoms with van der Waals surface area (Å²) in [4.78, 5) is 4.41. The van der Waals surface area contributed by atoms with E-state index in [1.54, 1.807) is 0 Å². The standard InChI is InChI=1S/C18H26N2O2/c1(3-15-8-11-19-12-9-15)13-21-17-6-4-16(5-7-17)18-20-10-2-14-22-18/h4-7,15,19H,1-3,8-14H2. The molecule has 1 saturated heterocycles. The van der Waals surface area contributed by atoms with E-state index in [0.29, 0.717) is 0 Å². The molecule has 0 spiro atoms. The highest BCUT2D eigenvalue weighted by atomic mass is 16.5. The second kappa shape index (κ2) is 8.18. The zero-order valence-corrected chi connectivity index (χ0v) is 13.2. The largest absolute Gasteiger partial charge is 0.494 e. The number of ether oxygens (including phenoxy) is 2. The van der Waals surface area contributed by atoms with Gasteiger partial charge in [0.2, 0.25) is 5.90 Å². The lowest BCUT2D eigenvalue weighted by Gasteiger charge is -2.22. The van der Waals surface area contributed by atoms with Gasteiger partial charge in [-0.25, -0.2) is 0 Å². The maximum Gasteiger partial charge on any atom is 0.216 e. The van der Waals surface area contributed by atoms with Crippen molar-refractivity contribution in [3.05, 3.63) is 29.8 Å². The van der Waals surface area contributed by atoms with Crippen LogP contribution in [0, 0.1) is 5.92 Å². The Hall–Kier alpha value is -1.55. The average molecular weight is 302 g/mol. The highest BCUT2D eigenvalue weighted by Crippen LogP contribution is 2.19. The first-order chi connectivity index (χ1) is 10.9. The molecule has 0 aromatic heterocycles. The molecule has 1 N–H and O–H groups in total. The Balaban J connectivity index is 1.40. The van der Waals surface area contributed by atoms with Gasteiger partial charge in [-0.15, -0.1) is 0 Å². The van der Waals surface area contributed by atoms with Crippen molar-refractivity contribution in [3.63, 3.8) is 0 Å². The minimum Gasteiger partial charge on any atom is -0.494 e. The van der Waals surface area contributed by atoms with Crippen molar-refractivity contribution in [2.75, 3.05) is 32.8 Å². The lowest BCUT2D eigenvalue weighted by molar-refractivity contribution is 0.273. The Labute approximate surface area is 132 Å². The molecule has 0 amide bonds. The molecule has 0 aliphatic carbocycles. The molecule has 0 atom stereocenters. The Morgan fingerprint density at radius 3 is 2.73 bits per heavy atom. The summed E-state index contributed by atoms with van der Waals surface area (Å²) in [6, 6.07) is 8.10. The summed E-state index contributed by atoms with van der Waals surface area (Å²) in [7, 11) is 0. The van der Waals surface area contributed by atoms with Crippen LogP contribution < -0.4 is 10.1 Å². The van der Waals surface area contributed by atoms with Gasteiger partial charge in [0.25, 0.3) is 0 Å². The molecule has 1 aromatic rings. The molecule has 3 rings (SSSR count). The predicted molar refractivity (Wildman–Crippen MR) is 88.7 cm³/mol. The van der Waals surface area contributed by atoms with E-state index in [9.17, 15) is 0 Å². The molecule has 2 heterocycles. The Bertz CT molecular complexity index is 478. The van der Waals surface area contributed by atoms with Crippen LogP contribution in [0.1, 0.15) is 37.7 Å². The van der Waals surface area contributed by atoms with Crippen LogP contribution in [0.3, 0.4) is 0 Å². The lowest BCUT2D eigenvalue weighted by Crippen LogP contribution is -2.27. The third-order valence-electron chi connectivity index (χ3n) is 4.38. The fourth-order valence-corrected chi connectivity index (χ4v) is 3.06. The fraction of sp³-hybridized carbons (Fsp3) is 0.611. The number of hydrogen-bond acceptors (Lipinski definition) is 4. The summed E-state index contributed by atoms with van der Waals surface area (Å²) in [6.45, 7) is 4.80. The molecule has 22 heavy (non-hydrogen) atoms. The number of hydrogen-bond donors (Lipinski definition) is 1. The molecule has 0 unspecified atom stereocenters. The molecule has 2 aliphatic rings. The van der Waals surface area contributed by atoms with Gasteiger partial charge in [0, 0.05) is 18.5 Å². The molecule has 0 bridgehead atoms. The maximum absolute atomic E-state index is 5.84. The van der Waals surface area contributed by atoms with E-state index >= 15 is 0 Å². The van der Waals surface area contributed by atoms with Crippen molar-refractivity contribution in [1.82, 2.24) is 5.32 Å². The second-order valence-corrected chi connectivity index (χ2v) is 6.10. The molecule has 0 radical (unpaired) electrons. The lowest BCUT2D eigenvalue weighted by atomic mass is 9.93. The van der Waals surface area contributed by atoms with Crippen molar-refractivity contribution >= 4 is 5.90 Å². The number of aliphatic imine (C=N–C) groups is 1. The summed E-state index contributed by atoms with van der Waals surface area (Å²) in [5.41, 5.74) is 1.04. The molecule has 4 nitrogen and oxygen atoms in total. The quantitative estimate of drug-likeness (QED) is 0.821. The van der Waals surface area contributed by atoms with Crippen LogP contribution in [0.15, 0.2) is 29.3 Å². The third kappa shape index (κ3) is 4.47. The van der Waals surface area contributed by atoms with Crippen LogP contribution >= 0.6 is 0 Å². The van der Waals surface area contributed by atoms with Crippen molar-refractivity contribution in [1.29, 1.82) is 0 Å². The van der Waals surface area contributed by atoms with Gasteiger partial charge in [0.15, 0.2) is 0 Å². The van der Waals surface area contributed by atoms with E-state index < -0.39 is 0 Å². The number of piperidine rings is 1. The molecule has 1 fully saturated rings. The van der Waals surface area contributed by atoms with Gasteiger partial charge in [-0.2, -0.15) is 0 Å². The average Bonchev–Trinajstić information content (AvgIpc) is 2.61. The summed E-state index contributed by atoms with van der Waals surface area (Å²) in [5, 5.41) is 3.41. The van der Waals surface area contributed by atoms with Gasteiger partial charge >= 0.3 is 0 Å². The van der Waals surface area contributed by atoms with Gasteiger partial charge in [-0.1, -0.05) is 0 Å². The first-order valence-electron chi connectivity index (χ1n) is 8.53. The first kappa shape index (κ1) is 15.3. The van der Waals surface area contributed by atoms with E-state index in [0.717, 1.165) is 55.7 Å². The minimum absolute atomic E-state index is 0.767. The van der Waals surface area contributed by atoms with Gasteiger partial charge in [0.1, 0.15) is 5.75 Å². The zero-order chi connectivity index (χ0) is 15.0. The molecule has 0 saturated carbocycles. The van der Waals surface area contributed by atoms with E-state index in [1.807, 2.05) is 24.3 Å². The molecule has 120 valence electrons. The van der Waals surface area contributed by atoms with E-state index in [-0.39, 0.29) is 0 Å². The molecule has 2 aliphatic heterocycles. The predicted octanol–water partition coefficient (Wildman–Crippen LogP) is 3.01. The van der Waals surface area contributed by atoms with Crippen molar-refractivity contribution in [2.24, 2.45) is 10.9 Å². The van der Waals surface area contributed by atoms with Crippen LogP contribution in [0.4, 0.5) is 0 Å². The van der Waals surface area contributed by atoms with Crippen LogP contribution in [-0.4, -0.2) is 38.7 Å². The van der Waals surface area contributed by atoms with E-state index in [2.05, 4.69) is 10.3 Å². The Morgan fingerprint density at radius 2 is 2.00 bits per heavy atom. The van der Waals surface area contributed by atoms with Crippen LogP contribution in [0.5, 0.6) is 5.75 Å². The molecular weight excluding hydrogens is 276 g/mol. The van der Waals surface area contributed by atoms with Crippen LogP contribution in [-0.2, 0) is 4.74 Å². The summed E-state index contributed by atoms with van der Waals surface area (Å²) < 4.78 is 11.4. The summed E-state index contributed by atoms with van der Waals surface area (Å²) in [6.07, 6.45) is 6.07. The smallest absolute Gasteiger partial charge is 0.216 e. The topological polar surface area (TPSA) is 42.9 Å². The van der Waals surface area contributed by atoms with E-state index in [1.165, 1.54) is 32.4 Å². The van der Waals surface area contributed by atoms with Gasteiger partial charge in [0.05, 0.1) is 13.2 Å². The highest BCUT2D eigenvalue weighted by Gasteiger charge is 2.12. The number of nitrogens with zero attached hydrogens (tertiary/aromatic N) is 1. The van der Waals surface area contributed by atoms with Crippen LogP contribution in [0.25, 0.3) is 0 Å². The fourth-order valence-electron chi connectivity index (χ4n) is 3.06. The highest BCUT2D eigenvalue weighted by molar-refractivity contribution is 5.94. The zero-order valence-electron chi connectivity index (χ0n) is 13.2. The Kier molecular flexibility index (Phi) is 5.71. The van der Waals surface area contributed by atoms with E-state index in [4.69, 9.17) is 9.47 Å². The Morgan fingerprint density at radius 1 is 1.18 bits per heavy atom. The maximum atomic E-state index is 5.84. The first-order valence-corrected chi connectivity index (χ1v) is 8.53. The number of nitrogens with one attached hydrogen (secondary N) is 1. The van der Waals surface area contributed by atoms with Gasteiger partial charge < -0.3 is 14.8 Å². The number of rotatable bonds is 6. The molecule has 4 heteroatoms. The van der Waals surface area contributed by atoms with Crippen LogP contribution in [0.2, 0.25) is 0 Å². The molecule has 1 aromatic carbocycles. The monoisotopic (exact) mass is 302 g/mol. The van der Waals surface area contributed by atoms with Crippen molar-refractivity contribution in [2.45, 2.75) is 32.1 Å². The summed E-state index contributed by atoms with van der Waals surface area (Å²) in [5.74, 6) is 2.59. The summed E-state index contributed by atoms with van der Waals surface area (Å²) >= 11 is 0. The molecular formula is C18H26N2O2. The van der Waals surface area contributed by atoms with Gasteiger partial charge in [-0.05, 0) is 69.0 Å². The SMILES string of the molecule is c1cc(C2=NCCCO2)ccc1OCCCC1CCNCC1. The van der Waals surface area contributed by atoms with Crippen molar-refractivity contribution in [3.8, 4) is 5.75 Å². The minimum atomic E-state index is 0.767.